The zero-order valence-electron chi connectivity index (χ0n) is 14.0. The van der Waals surface area contributed by atoms with Crippen LogP contribution in [0.15, 0.2) is 59.1 Å². The van der Waals surface area contributed by atoms with Crippen molar-refractivity contribution in [3.05, 3.63) is 66.1 Å². The molecule has 7 heteroatoms. The molecule has 0 aliphatic rings. The van der Waals surface area contributed by atoms with Gasteiger partial charge in [-0.2, -0.15) is 4.98 Å². The average Bonchev–Trinajstić information content (AvgIpc) is 3.15. The summed E-state index contributed by atoms with van der Waals surface area (Å²) in [6.07, 6.45) is 0. The van der Waals surface area contributed by atoms with E-state index in [0.717, 1.165) is 5.56 Å². The first kappa shape index (κ1) is 17.3. The number of carbonyl (C=O) groups is 2. The van der Waals surface area contributed by atoms with Crippen LogP contribution in [0.25, 0.3) is 11.4 Å². The maximum atomic E-state index is 11.8. The lowest BCUT2D eigenvalue weighted by Gasteiger charge is -2.06. The Balaban J connectivity index is 1.47. The first-order chi connectivity index (χ1) is 12.6. The lowest BCUT2D eigenvalue weighted by molar-refractivity contribution is -0.148. The third-order valence-electron chi connectivity index (χ3n) is 3.47. The lowest BCUT2D eigenvalue weighted by Crippen LogP contribution is -2.14. The van der Waals surface area contributed by atoms with Crippen LogP contribution >= 0.6 is 0 Å². The third kappa shape index (κ3) is 4.54. The summed E-state index contributed by atoms with van der Waals surface area (Å²) in [5.41, 5.74) is 1.39. The van der Waals surface area contributed by atoms with Gasteiger partial charge in [0, 0.05) is 11.1 Å². The van der Waals surface area contributed by atoms with Crippen LogP contribution in [0.2, 0.25) is 0 Å². The smallest absolute Gasteiger partial charge is 0.344 e. The van der Waals surface area contributed by atoms with Gasteiger partial charge in [0.1, 0.15) is 5.75 Å². The van der Waals surface area contributed by atoms with Gasteiger partial charge in [0.2, 0.25) is 5.82 Å². The molecule has 1 heterocycles. The molecule has 1 aromatic heterocycles. The molecule has 0 aliphatic heterocycles. The molecule has 26 heavy (non-hydrogen) atoms. The van der Waals surface area contributed by atoms with Crippen LogP contribution in [0, 0.1) is 0 Å². The van der Waals surface area contributed by atoms with E-state index in [2.05, 4.69) is 10.1 Å². The highest BCUT2D eigenvalue weighted by Crippen LogP contribution is 2.15. The fourth-order valence-electron chi connectivity index (χ4n) is 2.13. The fraction of sp³-hybridized carbons (Fsp3) is 0.158. The standard InChI is InChI=1S/C19H16N2O5/c1-13(22)14-7-9-16(10-8-14)24-12-18(23)25-11-17-20-19(21-26-17)15-5-3-2-4-6-15/h2-10H,11-12H2,1H3. The molecule has 0 unspecified atom stereocenters. The summed E-state index contributed by atoms with van der Waals surface area (Å²) in [5, 5.41) is 3.84. The summed E-state index contributed by atoms with van der Waals surface area (Å²) in [5.74, 6) is 0.489. The minimum absolute atomic E-state index is 0.0367. The van der Waals surface area contributed by atoms with Crippen molar-refractivity contribution in [3.63, 3.8) is 0 Å². The Morgan fingerprint density at radius 2 is 1.77 bits per heavy atom. The van der Waals surface area contributed by atoms with Gasteiger partial charge in [0.15, 0.2) is 19.0 Å². The highest BCUT2D eigenvalue weighted by atomic mass is 16.6. The first-order valence-corrected chi connectivity index (χ1v) is 7.89. The van der Waals surface area contributed by atoms with Crippen molar-refractivity contribution in [2.45, 2.75) is 13.5 Å². The Morgan fingerprint density at radius 1 is 1.04 bits per heavy atom. The largest absolute Gasteiger partial charge is 0.482 e. The van der Waals surface area contributed by atoms with Gasteiger partial charge in [0.05, 0.1) is 0 Å². The number of aromatic nitrogens is 2. The first-order valence-electron chi connectivity index (χ1n) is 7.89. The summed E-state index contributed by atoms with van der Waals surface area (Å²) in [4.78, 5) is 27.1. The number of nitrogens with zero attached hydrogens (tertiary/aromatic N) is 2. The number of ether oxygens (including phenoxy) is 2. The number of hydrogen-bond acceptors (Lipinski definition) is 7. The number of benzene rings is 2. The molecule has 0 N–H and O–H groups in total. The second-order valence-corrected chi connectivity index (χ2v) is 5.41. The molecule has 3 rings (SSSR count). The zero-order chi connectivity index (χ0) is 18.4. The maximum Gasteiger partial charge on any atom is 0.344 e. The van der Waals surface area contributed by atoms with Crippen molar-refractivity contribution in [2.75, 3.05) is 6.61 Å². The van der Waals surface area contributed by atoms with E-state index in [4.69, 9.17) is 14.0 Å². The summed E-state index contributed by atoms with van der Waals surface area (Å²) in [7, 11) is 0. The predicted octanol–water partition coefficient (Wildman–Crippen LogP) is 3.06. The topological polar surface area (TPSA) is 91.5 Å². The van der Waals surface area contributed by atoms with E-state index in [-0.39, 0.29) is 24.9 Å². The molecule has 0 saturated carbocycles. The van der Waals surface area contributed by atoms with Gasteiger partial charge in [-0.1, -0.05) is 35.5 Å². The van der Waals surface area contributed by atoms with E-state index in [1.807, 2.05) is 30.3 Å². The van der Waals surface area contributed by atoms with Gasteiger partial charge in [-0.15, -0.1) is 0 Å². The maximum absolute atomic E-state index is 11.8. The van der Waals surface area contributed by atoms with Gasteiger partial charge >= 0.3 is 5.97 Å². The van der Waals surface area contributed by atoms with Gasteiger partial charge < -0.3 is 14.0 Å². The summed E-state index contributed by atoms with van der Waals surface area (Å²) < 4.78 is 15.4. The van der Waals surface area contributed by atoms with Crippen molar-refractivity contribution < 1.29 is 23.6 Å². The van der Waals surface area contributed by atoms with Crippen molar-refractivity contribution >= 4 is 11.8 Å². The molecule has 132 valence electrons. The quantitative estimate of drug-likeness (QED) is 0.476. The Hall–Kier alpha value is -3.48. The van der Waals surface area contributed by atoms with Crippen molar-refractivity contribution in [1.29, 1.82) is 0 Å². The molecule has 0 aliphatic carbocycles. The van der Waals surface area contributed by atoms with Crippen LogP contribution in [0.3, 0.4) is 0 Å². The van der Waals surface area contributed by atoms with Gasteiger partial charge in [-0.05, 0) is 31.2 Å². The Kier molecular flexibility index (Phi) is 5.38. The minimum atomic E-state index is -0.569. The molecule has 0 saturated heterocycles. The van der Waals surface area contributed by atoms with Gasteiger partial charge in [-0.25, -0.2) is 4.79 Å². The van der Waals surface area contributed by atoms with Gasteiger partial charge in [0.25, 0.3) is 5.89 Å². The molecular weight excluding hydrogens is 336 g/mol. The number of Topliss-reactive ketones (excluding diaryl/α,β-unsaturated/α-hetero) is 1. The summed E-state index contributed by atoms with van der Waals surface area (Å²) in [6, 6.07) is 15.8. The average molecular weight is 352 g/mol. The van der Waals surface area contributed by atoms with Gasteiger partial charge in [-0.3, -0.25) is 4.79 Å². The normalized spacial score (nSPS) is 10.3. The van der Waals surface area contributed by atoms with Crippen LogP contribution in [0.4, 0.5) is 0 Å². The highest BCUT2D eigenvalue weighted by Gasteiger charge is 2.11. The van der Waals surface area contributed by atoms with Crippen LogP contribution in [-0.4, -0.2) is 28.5 Å². The summed E-state index contributed by atoms with van der Waals surface area (Å²) in [6.45, 7) is 1.08. The molecule has 0 bridgehead atoms. The summed E-state index contributed by atoms with van der Waals surface area (Å²) >= 11 is 0. The number of esters is 1. The molecule has 0 fully saturated rings. The lowest BCUT2D eigenvalue weighted by atomic mass is 10.1. The third-order valence-corrected chi connectivity index (χ3v) is 3.47. The van der Waals surface area contributed by atoms with Crippen LogP contribution < -0.4 is 4.74 Å². The number of carbonyl (C=O) groups excluding carboxylic acids is 2. The van der Waals surface area contributed by atoms with Crippen molar-refractivity contribution in [2.24, 2.45) is 0 Å². The van der Waals surface area contributed by atoms with E-state index in [9.17, 15) is 9.59 Å². The Labute approximate surface area is 149 Å². The molecule has 2 aromatic carbocycles. The number of ketones is 1. The molecule has 7 nitrogen and oxygen atoms in total. The molecule has 3 aromatic rings. The van der Waals surface area contributed by atoms with E-state index >= 15 is 0 Å². The van der Waals surface area contributed by atoms with E-state index in [0.29, 0.717) is 17.1 Å². The van der Waals surface area contributed by atoms with Crippen LogP contribution in [-0.2, 0) is 16.1 Å². The Bertz CT molecular complexity index is 888. The Morgan fingerprint density at radius 3 is 2.46 bits per heavy atom. The van der Waals surface area contributed by atoms with E-state index in [1.165, 1.54) is 6.92 Å². The molecular formula is C19H16N2O5. The minimum Gasteiger partial charge on any atom is -0.482 e. The van der Waals surface area contributed by atoms with Crippen LogP contribution in [0.5, 0.6) is 5.75 Å². The van der Waals surface area contributed by atoms with Crippen molar-refractivity contribution in [3.8, 4) is 17.1 Å². The molecule has 0 radical (unpaired) electrons. The SMILES string of the molecule is CC(=O)c1ccc(OCC(=O)OCc2nc(-c3ccccc3)no2)cc1. The number of rotatable bonds is 7. The van der Waals surface area contributed by atoms with E-state index in [1.54, 1.807) is 24.3 Å². The predicted molar refractivity (Wildman–Crippen MR) is 91.5 cm³/mol. The fourth-order valence-corrected chi connectivity index (χ4v) is 2.13. The highest BCUT2D eigenvalue weighted by molar-refractivity contribution is 5.94. The second-order valence-electron chi connectivity index (χ2n) is 5.41. The number of hydrogen-bond donors (Lipinski definition) is 0. The van der Waals surface area contributed by atoms with E-state index < -0.39 is 5.97 Å². The molecule has 0 atom stereocenters. The zero-order valence-corrected chi connectivity index (χ0v) is 14.0. The van der Waals surface area contributed by atoms with Crippen LogP contribution in [0.1, 0.15) is 23.2 Å². The molecule has 0 amide bonds. The molecule has 0 spiro atoms. The van der Waals surface area contributed by atoms with Crippen molar-refractivity contribution in [1.82, 2.24) is 10.1 Å². The second kappa shape index (κ2) is 8.06. The monoisotopic (exact) mass is 352 g/mol.